The molecule has 0 radical (unpaired) electrons. The number of anilines is 1. The molecule has 1 saturated heterocycles. The molecule has 4 aromatic rings. The number of aromatic amines is 1. The van der Waals surface area contributed by atoms with Crippen molar-refractivity contribution in [1.82, 2.24) is 24.8 Å². The van der Waals surface area contributed by atoms with Crippen molar-refractivity contribution in [3.63, 3.8) is 0 Å². The van der Waals surface area contributed by atoms with E-state index in [2.05, 4.69) is 25.3 Å². The molecule has 0 unspecified atom stereocenters. The summed E-state index contributed by atoms with van der Waals surface area (Å²) in [5, 5.41) is 14.1. The normalized spacial score (nSPS) is 15.8. The van der Waals surface area contributed by atoms with E-state index in [0.717, 1.165) is 24.4 Å². The van der Waals surface area contributed by atoms with Crippen LogP contribution >= 0.6 is 11.6 Å². The monoisotopic (exact) mass is 496 g/mol. The number of carbonyl (C=O) groups excluding carboxylic acids is 1. The number of nitrogens with one attached hydrogen (secondary N) is 2. The second kappa shape index (κ2) is 9.75. The number of ether oxygens (including phenoxy) is 1. The number of halogens is 2. The largest absolute Gasteiger partial charge is 0.504 e. The summed E-state index contributed by atoms with van der Waals surface area (Å²) < 4.78 is 19.8. The van der Waals surface area contributed by atoms with Crippen LogP contribution in [0.2, 0.25) is 5.02 Å². The first kappa shape index (κ1) is 22.9. The second-order valence-electron chi connectivity index (χ2n) is 8.31. The second-order valence-corrected chi connectivity index (χ2v) is 8.75. The van der Waals surface area contributed by atoms with Gasteiger partial charge in [-0.2, -0.15) is 0 Å². The van der Waals surface area contributed by atoms with Gasteiger partial charge in [0.05, 0.1) is 11.2 Å². The third-order valence-corrected chi connectivity index (χ3v) is 6.09. The SMILES string of the molecule is O=C(Oc1ccccc1O)N1CCC[C@H](CNc2nc(-c3c[nH]c4ncc(Cl)cc34)ncc2F)C1. The fraction of sp³-hybridized carbons (Fsp3) is 0.250. The van der Waals surface area contributed by atoms with Gasteiger partial charge in [-0.05, 0) is 37.0 Å². The molecule has 11 heteroatoms. The maximum atomic E-state index is 14.5. The Morgan fingerprint density at radius 2 is 2.17 bits per heavy atom. The number of rotatable bonds is 5. The van der Waals surface area contributed by atoms with Gasteiger partial charge in [-0.1, -0.05) is 23.7 Å². The van der Waals surface area contributed by atoms with Crippen molar-refractivity contribution in [3.8, 4) is 22.9 Å². The minimum atomic E-state index is -0.573. The Balaban J connectivity index is 1.26. The summed E-state index contributed by atoms with van der Waals surface area (Å²) in [6, 6.07) is 8.07. The van der Waals surface area contributed by atoms with Crippen molar-refractivity contribution >= 4 is 34.5 Å². The van der Waals surface area contributed by atoms with Crippen molar-refractivity contribution < 1.29 is 19.0 Å². The average Bonchev–Trinajstić information content (AvgIpc) is 3.28. The summed E-state index contributed by atoms with van der Waals surface area (Å²) in [5.74, 6) is -0.0820. The molecule has 1 aliphatic rings. The van der Waals surface area contributed by atoms with Gasteiger partial charge >= 0.3 is 6.09 Å². The average molecular weight is 497 g/mol. The summed E-state index contributed by atoms with van der Waals surface area (Å²) in [5.41, 5.74) is 1.29. The number of piperidine rings is 1. The summed E-state index contributed by atoms with van der Waals surface area (Å²) in [6.07, 6.45) is 5.48. The molecule has 0 bridgehead atoms. The number of benzene rings is 1. The van der Waals surface area contributed by atoms with Crippen molar-refractivity contribution in [2.24, 2.45) is 5.92 Å². The molecule has 180 valence electrons. The number of phenols is 1. The zero-order valence-corrected chi connectivity index (χ0v) is 19.3. The Labute approximate surface area is 204 Å². The topological polar surface area (TPSA) is 116 Å². The van der Waals surface area contributed by atoms with Crippen LogP contribution in [-0.2, 0) is 0 Å². The van der Waals surface area contributed by atoms with Gasteiger partial charge in [0.15, 0.2) is 29.0 Å². The molecular weight excluding hydrogens is 475 g/mol. The maximum Gasteiger partial charge on any atom is 0.415 e. The Bertz CT molecular complexity index is 1380. The number of amides is 1. The molecule has 1 fully saturated rings. The third kappa shape index (κ3) is 4.97. The molecule has 35 heavy (non-hydrogen) atoms. The first-order chi connectivity index (χ1) is 17.0. The molecule has 5 rings (SSSR count). The first-order valence-electron chi connectivity index (χ1n) is 11.1. The first-order valence-corrected chi connectivity index (χ1v) is 11.5. The molecule has 0 spiro atoms. The van der Waals surface area contributed by atoms with E-state index in [1.165, 1.54) is 18.3 Å². The van der Waals surface area contributed by atoms with E-state index in [4.69, 9.17) is 16.3 Å². The quantitative estimate of drug-likeness (QED) is 0.362. The standard InChI is InChI=1S/C24H22ClFN6O3/c25-15-8-16-17(11-29-21(16)28-10-15)22-30-12-18(26)23(31-22)27-9-14-4-3-7-32(13-14)24(34)35-20-6-2-1-5-19(20)33/h1-2,5-6,8,10-12,14,33H,3-4,7,9,13H2,(H,28,29)(H,27,30,31)/t14-/m1/s1. The molecule has 0 aliphatic carbocycles. The molecular formula is C24H22ClFN6O3. The van der Waals surface area contributed by atoms with Gasteiger partial charge in [0.1, 0.15) is 5.65 Å². The smallest absolute Gasteiger partial charge is 0.415 e. The highest BCUT2D eigenvalue weighted by Gasteiger charge is 2.26. The van der Waals surface area contributed by atoms with E-state index in [-0.39, 0.29) is 23.2 Å². The van der Waals surface area contributed by atoms with Crippen molar-refractivity contribution in [2.75, 3.05) is 25.0 Å². The number of carbonyl (C=O) groups is 1. The lowest BCUT2D eigenvalue weighted by Crippen LogP contribution is -2.43. The number of phenolic OH excluding ortho intramolecular Hbond substituents is 1. The molecule has 1 atom stereocenters. The van der Waals surface area contributed by atoms with E-state index >= 15 is 0 Å². The van der Waals surface area contributed by atoms with E-state index < -0.39 is 11.9 Å². The minimum Gasteiger partial charge on any atom is -0.504 e. The maximum absolute atomic E-state index is 14.5. The Hall–Kier alpha value is -3.92. The van der Waals surface area contributed by atoms with Gasteiger partial charge in [-0.15, -0.1) is 0 Å². The summed E-state index contributed by atoms with van der Waals surface area (Å²) in [4.78, 5) is 29.9. The Kier molecular flexibility index (Phi) is 6.37. The van der Waals surface area contributed by atoms with Crippen LogP contribution in [-0.4, -0.2) is 55.7 Å². The number of aromatic hydroxyl groups is 1. The van der Waals surface area contributed by atoms with Crippen molar-refractivity contribution in [3.05, 3.63) is 59.8 Å². The highest BCUT2D eigenvalue weighted by Crippen LogP contribution is 2.29. The lowest BCUT2D eigenvalue weighted by Gasteiger charge is -2.32. The van der Waals surface area contributed by atoms with Crippen LogP contribution in [0.5, 0.6) is 11.5 Å². The number of pyridine rings is 1. The van der Waals surface area contributed by atoms with Crippen LogP contribution in [0.4, 0.5) is 15.0 Å². The van der Waals surface area contributed by atoms with E-state index in [9.17, 15) is 14.3 Å². The van der Waals surface area contributed by atoms with Gasteiger partial charge in [-0.25, -0.2) is 24.1 Å². The molecule has 1 aromatic carbocycles. The number of nitrogens with zero attached hydrogens (tertiary/aromatic N) is 4. The lowest BCUT2D eigenvalue weighted by atomic mass is 9.98. The van der Waals surface area contributed by atoms with E-state index in [0.29, 0.717) is 41.7 Å². The summed E-state index contributed by atoms with van der Waals surface area (Å²) in [6.45, 7) is 1.40. The predicted octanol–water partition coefficient (Wildman–Crippen LogP) is 4.84. The zero-order chi connectivity index (χ0) is 24.4. The number of likely N-dealkylation sites (tertiary alicyclic amines) is 1. The van der Waals surface area contributed by atoms with Gasteiger partial charge in [0.25, 0.3) is 0 Å². The molecule has 1 aliphatic heterocycles. The number of fused-ring (bicyclic) bond motifs is 1. The number of aromatic nitrogens is 4. The van der Waals surface area contributed by atoms with Gasteiger partial charge in [0.2, 0.25) is 0 Å². The molecule has 4 heterocycles. The zero-order valence-electron chi connectivity index (χ0n) is 18.5. The van der Waals surface area contributed by atoms with Crippen LogP contribution in [0.1, 0.15) is 12.8 Å². The van der Waals surface area contributed by atoms with Gasteiger partial charge < -0.3 is 25.0 Å². The molecule has 1 amide bonds. The number of hydrogen-bond acceptors (Lipinski definition) is 7. The predicted molar refractivity (Wildman–Crippen MR) is 129 cm³/mol. The van der Waals surface area contributed by atoms with Crippen LogP contribution in [0.3, 0.4) is 0 Å². The minimum absolute atomic E-state index is 0.0644. The van der Waals surface area contributed by atoms with Crippen LogP contribution in [0.15, 0.2) is 48.9 Å². The number of H-pyrrole nitrogens is 1. The summed E-state index contributed by atoms with van der Waals surface area (Å²) >= 11 is 6.08. The van der Waals surface area contributed by atoms with Gasteiger partial charge in [-0.3, -0.25) is 0 Å². The van der Waals surface area contributed by atoms with Crippen molar-refractivity contribution in [2.45, 2.75) is 12.8 Å². The Morgan fingerprint density at radius 3 is 3.03 bits per heavy atom. The summed E-state index contributed by atoms with van der Waals surface area (Å²) in [7, 11) is 0. The lowest BCUT2D eigenvalue weighted by molar-refractivity contribution is 0.127. The highest BCUT2D eigenvalue weighted by atomic mass is 35.5. The van der Waals surface area contributed by atoms with Crippen LogP contribution in [0, 0.1) is 11.7 Å². The molecule has 0 saturated carbocycles. The van der Waals surface area contributed by atoms with Crippen LogP contribution < -0.4 is 10.1 Å². The fourth-order valence-corrected chi connectivity index (χ4v) is 4.28. The van der Waals surface area contributed by atoms with Crippen molar-refractivity contribution in [1.29, 1.82) is 0 Å². The molecule has 3 aromatic heterocycles. The Morgan fingerprint density at radius 1 is 1.31 bits per heavy atom. The van der Waals surface area contributed by atoms with E-state index in [1.807, 2.05) is 0 Å². The highest BCUT2D eigenvalue weighted by molar-refractivity contribution is 6.31. The van der Waals surface area contributed by atoms with E-state index in [1.54, 1.807) is 29.3 Å². The van der Waals surface area contributed by atoms with Gasteiger partial charge in [0, 0.05) is 43.0 Å². The molecule has 9 nitrogen and oxygen atoms in total. The van der Waals surface area contributed by atoms with Crippen LogP contribution in [0.25, 0.3) is 22.4 Å². The molecule has 3 N–H and O–H groups in total. The number of hydrogen-bond donors (Lipinski definition) is 3. The number of para-hydroxylation sites is 2. The third-order valence-electron chi connectivity index (χ3n) is 5.88. The fourth-order valence-electron chi connectivity index (χ4n) is 4.12.